The lowest BCUT2D eigenvalue weighted by molar-refractivity contribution is -0.111. The van der Waals surface area contributed by atoms with E-state index in [1.54, 1.807) is 25.3 Å². The summed E-state index contributed by atoms with van der Waals surface area (Å²) < 4.78 is 5.43. The quantitative estimate of drug-likeness (QED) is 0.520. The molecule has 3 aromatic carbocycles. The fraction of sp³-hybridized carbons (Fsp3) is 0.241. The first-order valence-corrected chi connectivity index (χ1v) is 11.8. The summed E-state index contributed by atoms with van der Waals surface area (Å²) in [5, 5.41) is 5.72. The van der Waals surface area contributed by atoms with Crippen molar-refractivity contribution >= 4 is 23.2 Å². The lowest BCUT2D eigenvalue weighted by atomic mass is 10.1. The van der Waals surface area contributed by atoms with Gasteiger partial charge in [-0.15, -0.1) is 0 Å². The zero-order valence-corrected chi connectivity index (χ0v) is 19.8. The van der Waals surface area contributed by atoms with Gasteiger partial charge in [0.15, 0.2) is 0 Å². The molecule has 1 aliphatic heterocycles. The molecule has 2 amide bonds. The monoisotopic (exact) mass is 467 g/mol. The number of nitrogens with one attached hydrogen (secondary N) is 2. The maximum absolute atomic E-state index is 12.7. The Balaban J connectivity index is 1.37. The van der Waals surface area contributed by atoms with Crippen LogP contribution in [0.4, 0.5) is 11.4 Å². The molecule has 1 heterocycles. The highest BCUT2D eigenvalue weighted by atomic mass is 16.5. The smallest absolute Gasteiger partial charge is 0.300 e. The molecule has 0 aliphatic carbocycles. The molecule has 0 spiro atoms. The first-order valence-electron chi connectivity index (χ1n) is 11.8. The Morgan fingerprint density at radius 2 is 1.69 bits per heavy atom. The number of hydrogen-bond donors (Lipinski definition) is 2. The summed E-state index contributed by atoms with van der Waals surface area (Å²) in [7, 11) is 1.57. The topological polar surface area (TPSA) is 70.7 Å². The number of ether oxygens (including phenoxy) is 1. The summed E-state index contributed by atoms with van der Waals surface area (Å²) in [6.07, 6.45) is 3.71. The molecule has 1 aliphatic rings. The van der Waals surface area contributed by atoms with Crippen LogP contribution in [-0.2, 0) is 11.3 Å². The van der Waals surface area contributed by atoms with Gasteiger partial charge in [0.05, 0.1) is 7.11 Å². The molecule has 0 saturated carbocycles. The van der Waals surface area contributed by atoms with Gasteiger partial charge in [-0.3, -0.25) is 9.59 Å². The van der Waals surface area contributed by atoms with Gasteiger partial charge in [0.2, 0.25) is 0 Å². The third-order valence-electron chi connectivity index (χ3n) is 5.92. The second kappa shape index (κ2) is 11.8. The van der Waals surface area contributed by atoms with E-state index in [1.807, 2.05) is 54.6 Å². The van der Waals surface area contributed by atoms with E-state index >= 15 is 0 Å². The number of hydrogen-bond acceptors (Lipinski definition) is 4. The second-order valence-electron chi connectivity index (χ2n) is 8.37. The van der Waals surface area contributed by atoms with Gasteiger partial charge in [0, 0.05) is 53.6 Å². The minimum atomic E-state index is -0.414. The van der Waals surface area contributed by atoms with E-state index in [1.165, 1.54) is 19.3 Å². The Labute approximate surface area is 206 Å². The van der Waals surface area contributed by atoms with Crippen LogP contribution in [-0.4, -0.2) is 32.0 Å². The molecule has 0 bridgehead atoms. The zero-order chi connectivity index (χ0) is 24.5. The molecule has 3 aromatic rings. The van der Waals surface area contributed by atoms with Crippen LogP contribution in [0.25, 0.3) is 0 Å². The predicted octanol–water partition coefficient (Wildman–Crippen LogP) is 4.61. The van der Waals surface area contributed by atoms with Gasteiger partial charge in [-0.25, -0.2) is 0 Å². The van der Waals surface area contributed by atoms with Gasteiger partial charge >= 0.3 is 5.91 Å². The van der Waals surface area contributed by atoms with Crippen LogP contribution >= 0.6 is 0 Å². The van der Waals surface area contributed by atoms with E-state index in [9.17, 15) is 9.59 Å². The average Bonchev–Trinajstić information content (AvgIpc) is 2.92. The number of anilines is 2. The second-order valence-corrected chi connectivity index (χ2v) is 8.37. The third kappa shape index (κ3) is 6.64. The molecule has 178 valence electrons. The molecule has 6 heteroatoms. The van der Waals surface area contributed by atoms with Gasteiger partial charge in [0.25, 0.3) is 5.91 Å². The summed E-state index contributed by atoms with van der Waals surface area (Å²) in [5.41, 5.74) is 3.85. The average molecular weight is 468 g/mol. The lowest BCUT2D eigenvalue weighted by Crippen LogP contribution is -2.29. The van der Waals surface area contributed by atoms with Crippen molar-refractivity contribution in [3.8, 4) is 17.6 Å². The van der Waals surface area contributed by atoms with Crippen LogP contribution in [0.5, 0.6) is 5.75 Å². The van der Waals surface area contributed by atoms with Gasteiger partial charge < -0.3 is 20.3 Å². The number of carbonyl (C=O) groups is 2. The third-order valence-corrected chi connectivity index (χ3v) is 5.92. The van der Waals surface area contributed by atoms with Crippen molar-refractivity contribution in [3.63, 3.8) is 0 Å². The summed E-state index contributed by atoms with van der Waals surface area (Å²) in [5.74, 6) is 5.47. The van der Waals surface area contributed by atoms with Gasteiger partial charge in [-0.2, -0.15) is 0 Å². The molecule has 4 rings (SSSR count). The molecule has 0 atom stereocenters. The number of nitrogens with zero attached hydrogens (tertiary/aromatic N) is 1. The molecule has 1 fully saturated rings. The van der Waals surface area contributed by atoms with Crippen molar-refractivity contribution in [2.75, 3.05) is 30.4 Å². The van der Waals surface area contributed by atoms with Crippen LogP contribution in [0.3, 0.4) is 0 Å². The van der Waals surface area contributed by atoms with E-state index in [2.05, 4.69) is 27.4 Å². The van der Waals surface area contributed by atoms with Crippen LogP contribution in [0.1, 0.15) is 40.7 Å². The molecular formula is C29H29N3O3. The molecule has 0 aromatic heterocycles. The van der Waals surface area contributed by atoms with Crippen molar-refractivity contribution < 1.29 is 14.3 Å². The summed E-state index contributed by atoms with van der Waals surface area (Å²) in [6, 6.07) is 22.3. The Morgan fingerprint density at radius 3 is 2.40 bits per heavy atom. The van der Waals surface area contributed by atoms with E-state index in [-0.39, 0.29) is 12.5 Å². The highest BCUT2D eigenvalue weighted by Gasteiger charge is 2.13. The first-order chi connectivity index (χ1) is 17.1. The SMILES string of the molecule is COc1ccc(NC(=O)C#Cc2ccccc2)cc1CNC(=O)c1ccc(N2CCCCC2)cc1. The number of methoxy groups -OCH3 is 1. The molecule has 6 nitrogen and oxygen atoms in total. The Hall–Kier alpha value is -4.24. The van der Waals surface area contributed by atoms with E-state index in [0.717, 1.165) is 29.9 Å². The van der Waals surface area contributed by atoms with E-state index < -0.39 is 5.91 Å². The van der Waals surface area contributed by atoms with Crippen molar-refractivity contribution in [1.29, 1.82) is 0 Å². The number of piperidine rings is 1. The highest BCUT2D eigenvalue weighted by molar-refractivity contribution is 6.04. The van der Waals surface area contributed by atoms with Crippen LogP contribution in [0.15, 0.2) is 72.8 Å². The maximum atomic E-state index is 12.7. The van der Waals surface area contributed by atoms with Crippen LogP contribution < -0.4 is 20.3 Å². The van der Waals surface area contributed by atoms with Crippen molar-refractivity contribution in [2.24, 2.45) is 0 Å². The van der Waals surface area contributed by atoms with Crippen LogP contribution in [0.2, 0.25) is 0 Å². The largest absolute Gasteiger partial charge is 0.496 e. The Bertz CT molecular complexity index is 1220. The molecule has 0 radical (unpaired) electrons. The summed E-state index contributed by atoms with van der Waals surface area (Å²) in [4.78, 5) is 27.4. The van der Waals surface area contributed by atoms with Gasteiger partial charge in [-0.05, 0) is 73.9 Å². The fourth-order valence-corrected chi connectivity index (χ4v) is 4.06. The number of carbonyl (C=O) groups excluding carboxylic acids is 2. The van der Waals surface area contributed by atoms with Gasteiger partial charge in [0.1, 0.15) is 5.75 Å². The highest BCUT2D eigenvalue weighted by Crippen LogP contribution is 2.23. The lowest BCUT2D eigenvalue weighted by Gasteiger charge is -2.28. The van der Waals surface area contributed by atoms with Crippen LogP contribution in [0, 0.1) is 11.8 Å². The molecule has 2 N–H and O–H groups in total. The number of benzene rings is 3. The standard InChI is InChI=1S/C29H29N3O3/c1-35-27-16-13-25(31-28(33)17-10-22-8-4-2-5-9-22)20-24(27)21-30-29(34)23-11-14-26(15-12-23)32-18-6-3-7-19-32/h2,4-5,8-9,11-16,20H,3,6-7,18-19,21H2,1H3,(H,30,34)(H,31,33). The van der Waals surface area contributed by atoms with E-state index in [4.69, 9.17) is 4.74 Å². The number of amides is 2. The maximum Gasteiger partial charge on any atom is 0.300 e. The molecule has 0 unspecified atom stereocenters. The summed E-state index contributed by atoms with van der Waals surface area (Å²) in [6.45, 7) is 2.39. The number of rotatable bonds is 6. The Morgan fingerprint density at radius 1 is 0.943 bits per heavy atom. The van der Waals surface area contributed by atoms with Gasteiger partial charge in [-0.1, -0.05) is 24.1 Å². The summed E-state index contributed by atoms with van der Waals surface area (Å²) >= 11 is 0. The van der Waals surface area contributed by atoms with E-state index in [0.29, 0.717) is 17.0 Å². The van der Waals surface area contributed by atoms with Crippen molar-refractivity contribution in [1.82, 2.24) is 5.32 Å². The zero-order valence-electron chi connectivity index (χ0n) is 19.8. The first kappa shape index (κ1) is 23.9. The molecular weight excluding hydrogens is 438 g/mol. The minimum Gasteiger partial charge on any atom is -0.496 e. The normalized spacial score (nSPS) is 12.8. The van der Waals surface area contributed by atoms with Crippen molar-refractivity contribution in [2.45, 2.75) is 25.8 Å². The molecule has 1 saturated heterocycles. The Kier molecular flexibility index (Phi) is 8.03. The van der Waals surface area contributed by atoms with Crippen molar-refractivity contribution in [3.05, 3.63) is 89.5 Å². The minimum absolute atomic E-state index is 0.166. The molecule has 35 heavy (non-hydrogen) atoms. The predicted molar refractivity (Wildman–Crippen MR) is 139 cm³/mol. The fourth-order valence-electron chi connectivity index (χ4n) is 4.06.